The molecule has 3 heterocycles. The first-order valence-corrected chi connectivity index (χ1v) is 6.22. The van der Waals surface area contributed by atoms with Crippen LogP contribution in [0.3, 0.4) is 0 Å². The molecule has 1 aliphatic rings. The number of carbonyl (C=O) groups excluding carboxylic acids is 3. The van der Waals surface area contributed by atoms with Gasteiger partial charge in [0.15, 0.2) is 0 Å². The number of carbonyl (C=O) groups is 3. The van der Waals surface area contributed by atoms with Crippen LogP contribution in [0, 0.1) is 0 Å². The number of piperidine rings is 1. The fourth-order valence-corrected chi connectivity index (χ4v) is 2.18. The van der Waals surface area contributed by atoms with Gasteiger partial charge < -0.3 is 5.32 Å². The molecular formula is C13H16N4O3. The molecule has 7 nitrogen and oxygen atoms in total. The van der Waals surface area contributed by atoms with Crippen LogP contribution in [0.15, 0.2) is 30.6 Å². The van der Waals surface area contributed by atoms with Gasteiger partial charge in [-0.15, -0.1) is 0 Å². The number of aromatic nitrogens is 2. The Labute approximate surface area is 116 Å². The van der Waals surface area contributed by atoms with E-state index >= 15 is 0 Å². The van der Waals surface area contributed by atoms with Crippen molar-refractivity contribution in [3.63, 3.8) is 0 Å². The molecule has 3 amide bonds. The van der Waals surface area contributed by atoms with E-state index in [1.54, 1.807) is 22.8 Å². The molecule has 0 spiro atoms. The number of fused-ring (bicyclic) bond motifs is 1. The van der Waals surface area contributed by atoms with Gasteiger partial charge in [0.25, 0.3) is 5.91 Å². The number of pyridine rings is 1. The lowest BCUT2D eigenvalue weighted by Gasteiger charge is -2.21. The minimum absolute atomic E-state index is 0. The first-order valence-electron chi connectivity index (χ1n) is 6.22. The predicted octanol–water partition coefficient (Wildman–Crippen LogP) is 0.361. The Balaban J connectivity index is 0.00000121. The summed E-state index contributed by atoms with van der Waals surface area (Å²) in [5.41, 5.74) is 1.06. The molecule has 1 saturated heterocycles. The van der Waals surface area contributed by atoms with E-state index in [0.717, 1.165) is 0 Å². The molecular weight excluding hydrogens is 260 g/mol. The Morgan fingerprint density at radius 1 is 1.45 bits per heavy atom. The summed E-state index contributed by atoms with van der Waals surface area (Å²) >= 11 is 0. The third-order valence-electron chi connectivity index (χ3n) is 3.22. The van der Waals surface area contributed by atoms with Crippen molar-refractivity contribution in [2.45, 2.75) is 18.9 Å². The molecule has 1 atom stereocenters. The van der Waals surface area contributed by atoms with Crippen molar-refractivity contribution < 1.29 is 17.2 Å². The molecule has 2 N–H and O–H groups in total. The molecule has 3 rings (SSSR count). The molecule has 1 aliphatic heterocycles. The maximum absolute atomic E-state index is 12.2. The van der Waals surface area contributed by atoms with E-state index < -0.39 is 11.9 Å². The van der Waals surface area contributed by atoms with Gasteiger partial charge in [0.2, 0.25) is 11.8 Å². The molecule has 2 aromatic heterocycles. The molecule has 106 valence electrons. The summed E-state index contributed by atoms with van der Waals surface area (Å²) in [5, 5.41) is 8.90. The highest BCUT2D eigenvalue weighted by Crippen LogP contribution is 2.11. The van der Waals surface area contributed by atoms with E-state index in [0.29, 0.717) is 17.5 Å². The van der Waals surface area contributed by atoms with E-state index in [9.17, 15) is 14.4 Å². The molecule has 0 aromatic carbocycles. The lowest BCUT2D eigenvalue weighted by Crippen LogP contribution is -2.52. The minimum atomic E-state index is -0.682. The van der Waals surface area contributed by atoms with E-state index in [2.05, 4.69) is 15.7 Å². The Morgan fingerprint density at radius 2 is 2.30 bits per heavy atom. The Morgan fingerprint density at radius 3 is 3.10 bits per heavy atom. The number of hydrogen-bond donors (Lipinski definition) is 2. The Bertz CT molecular complexity index is 716. The number of imide groups is 1. The van der Waals surface area contributed by atoms with E-state index in [1.165, 1.54) is 6.20 Å². The molecule has 7 heteroatoms. The number of rotatable bonds is 2. The maximum atomic E-state index is 12.2. The van der Waals surface area contributed by atoms with Crippen LogP contribution in [0.1, 0.15) is 26.1 Å². The van der Waals surface area contributed by atoms with Gasteiger partial charge in [-0.2, -0.15) is 5.10 Å². The van der Waals surface area contributed by atoms with Crippen molar-refractivity contribution in [2.75, 3.05) is 0 Å². The Hall–Kier alpha value is -2.70. The van der Waals surface area contributed by atoms with Crippen molar-refractivity contribution in [3.8, 4) is 0 Å². The Kier molecular flexibility index (Phi) is 2.94. The first-order chi connectivity index (χ1) is 9.65. The molecule has 0 saturated carbocycles. The molecule has 1 fully saturated rings. The van der Waals surface area contributed by atoms with Crippen LogP contribution in [-0.2, 0) is 9.59 Å². The zero-order chi connectivity index (χ0) is 14.1. The number of nitrogens with one attached hydrogen (secondary N) is 2. The van der Waals surface area contributed by atoms with Gasteiger partial charge in [0.05, 0.1) is 17.3 Å². The van der Waals surface area contributed by atoms with Crippen molar-refractivity contribution in [1.29, 1.82) is 0 Å². The molecule has 0 aliphatic carbocycles. The van der Waals surface area contributed by atoms with E-state index in [4.69, 9.17) is 0 Å². The van der Waals surface area contributed by atoms with Crippen molar-refractivity contribution >= 4 is 23.2 Å². The third-order valence-corrected chi connectivity index (χ3v) is 3.22. The first kappa shape index (κ1) is 12.3. The van der Waals surface area contributed by atoms with Crippen LogP contribution in [0.25, 0.3) is 5.52 Å². The normalized spacial score (nSPS) is 18.9. The molecule has 0 radical (unpaired) electrons. The van der Waals surface area contributed by atoms with Crippen LogP contribution in [-0.4, -0.2) is 33.4 Å². The van der Waals surface area contributed by atoms with Crippen molar-refractivity contribution in [3.05, 3.63) is 36.2 Å². The van der Waals surface area contributed by atoms with Crippen molar-refractivity contribution in [2.24, 2.45) is 0 Å². The average Bonchev–Trinajstić information content (AvgIpc) is 2.86. The highest BCUT2D eigenvalue weighted by atomic mass is 16.2. The summed E-state index contributed by atoms with van der Waals surface area (Å²) in [5.74, 6) is -1.15. The zero-order valence-electron chi connectivity index (χ0n) is 10.5. The standard InChI is InChI=1S/C13H12N4O3.2H2/c18-11-5-4-9(13(20)16-11)15-12(19)8-7-14-17-6-2-1-3-10(8)17;;/h1-3,6-7,9H,4-5H2,(H,15,19)(H,16,18,20);2*1H/t9-;;/m0../s1. The van der Waals surface area contributed by atoms with Gasteiger partial charge in [0, 0.05) is 15.5 Å². The monoisotopic (exact) mass is 276 g/mol. The highest BCUT2D eigenvalue weighted by molar-refractivity contribution is 6.05. The van der Waals surface area contributed by atoms with Gasteiger partial charge in [-0.1, -0.05) is 6.07 Å². The van der Waals surface area contributed by atoms with Crippen LogP contribution in [0.4, 0.5) is 0 Å². The average molecular weight is 276 g/mol. The van der Waals surface area contributed by atoms with Crippen molar-refractivity contribution in [1.82, 2.24) is 20.2 Å². The third kappa shape index (κ3) is 2.13. The number of nitrogens with zero attached hydrogens (tertiary/aromatic N) is 2. The lowest BCUT2D eigenvalue weighted by atomic mass is 10.1. The second kappa shape index (κ2) is 4.76. The maximum Gasteiger partial charge on any atom is 0.255 e. The second-order valence-corrected chi connectivity index (χ2v) is 4.57. The van der Waals surface area contributed by atoms with Crippen LogP contribution < -0.4 is 10.6 Å². The summed E-state index contributed by atoms with van der Waals surface area (Å²) < 4.78 is 1.58. The van der Waals surface area contributed by atoms with Crippen LogP contribution >= 0.6 is 0 Å². The topological polar surface area (TPSA) is 92.6 Å². The molecule has 20 heavy (non-hydrogen) atoms. The summed E-state index contributed by atoms with van der Waals surface area (Å²) in [6.07, 6.45) is 3.73. The summed E-state index contributed by atoms with van der Waals surface area (Å²) in [7, 11) is 0. The smallest absolute Gasteiger partial charge is 0.255 e. The summed E-state index contributed by atoms with van der Waals surface area (Å²) in [6.45, 7) is 0. The fourth-order valence-electron chi connectivity index (χ4n) is 2.18. The SMILES string of the molecule is O=C1CC[C@H](NC(=O)c2cnn3ccccc23)C(=O)N1.[HH].[HH]. The predicted molar refractivity (Wildman–Crippen MR) is 73.1 cm³/mol. The second-order valence-electron chi connectivity index (χ2n) is 4.57. The molecule has 2 aromatic rings. The zero-order valence-corrected chi connectivity index (χ0v) is 10.5. The summed E-state index contributed by atoms with van der Waals surface area (Å²) in [4.78, 5) is 34.8. The van der Waals surface area contributed by atoms with Gasteiger partial charge in [-0.25, -0.2) is 4.52 Å². The van der Waals surface area contributed by atoms with Crippen LogP contribution in [0.5, 0.6) is 0 Å². The quantitative estimate of drug-likeness (QED) is 0.775. The van der Waals surface area contributed by atoms with Gasteiger partial charge in [0.1, 0.15) is 6.04 Å². The fraction of sp³-hybridized carbons (Fsp3) is 0.231. The number of amides is 3. The number of hydrogen-bond acceptors (Lipinski definition) is 4. The van der Waals surface area contributed by atoms with Crippen LogP contribution in [0.2, 0.25) is 0 Å². The molecule has 0 bridgehead atoms. The minimum Gasteiger partial charge on any atom is -0.340 e. The highest BCUT2D eigenvalue weighted by Gasteiger charge is 2.28. The van der Waals surface area contributed by atoms with Gasteiger partial charge in [-0.3, -0.25) is 19.7 Å². The van der Waals surface area contributed by atoms with Gasteiger partial charge >= 0.3 is 0 Å². The lowest BCUT2D eigenvalue weighted by molar-refractivity contribution is -0.134. The summed E-state index contributed by atoms with van der Waals surface area (Å²) in [6, 6.07) is 4.70. The van der Waals surface area contributed by atoms with E-state index in [1.807, 2.05) is 6.07 Å². The van der Waals surface area contributed by atoms with E-state index in [-0.39, 0.29) is 21.1 Å². The van der Waals surface area contributed by atoms with Gasteiger partial charge in [-0.05, 0) is 18.6 Å². The molecule has 0 unspecified atom stereocenters. The largest absolute Gasteiger partial charge is 0.340 e.